The Hall–Kier alpha value is -2.38. The molecule has 0 spiro atoms. The number of anilines is 1. The minimum atomic E-state index is -1.26. The summed E-state index contributed by atoms with van der Waals surface area (Å²) < 4.78 is 27.3. The van der Waals surface area contributed by atoms with Crippen LogP contribution in [-0.4, -0.2) is 17.1 Å². The van der Waals surface area contributed by atoms with Gasteiger partial charge in [-0.3, -0.25) is 4.79 Å². The molecular formula is C17H14Cl2F2N2O3. The first kappa shape index (κ1) is 19.9. The molecule has 3 N–H and O–H groups in total. The van der Waals surface area contributed by atoms with Crippen molar-refractivity contribution in [1.29, 1.82) is 0 Å². The molecule has 0 unspecified atom stereocenters. The molecule has 2 aromatic carbocycles. The Balaban J connectivity index is 0.00000243. The summed E-state index contributed by atoms with van der Waals surface area (Å²) in [5.74, 6) is -1.67. The van der Waals surface area contributed by atoms with Gasteiger partial charge in [-0.25, -0.2) is 13.6 Å². The molecule has 3 rings (SSSR count). The summed E-state index contributed by atoms with van der Waals surface area (Å²) in [4.78, 5) is 23.3. The summed E-state index contributed by atoms with van der Waals surface area (Å²) in [5.41, 5.74) is 1.19. The fraction of sp³-hybridized carbons (Fsp3) is 0.176. The second-order valence-corrected chi connectivity index (χ2v) is 6.02. The highest BCUT2D eigenvalue weighted by Crippen LogP contribution is 2.35. The van der Waals surface area contributed by atoms with Crippen LogP contribution in [0.4, 0.5) is 19.3 Å². The summed E-state index contributed by atoms with van der Waals surface area (Å²) in [6.07, 6.45) is -0.524. The lowest BCUT2D eigenvalue weighted by Gasteiger charge is -2.14. The van der Waals surface area contributed by atoms with Crippen molar-refractivity contribution in [2.45, 2.75) is 18.9 Å². The van der Waals surface area contributed by atoms with Gasteiger partial charge in [-0.15, -0.1) is 12.4 Å². The van der Waals surface area contributed by atoms with Crippen LogP contribution in [0.15, 0.2) is 30.3 Å². The number of fused-ring (bicyclic) bond motifs is 1. The van der Waals surface area contributed by atoms with Crippen molar-refractivity contribution >= 4 is 41.7 Å². The van der Waals surface area contributed by atoms with Gasteiger partial charge in [0.25, 0.3) is 5.91 Å². The van der Waals surface area contributed by atoms with E-state index >= 15 is 0 Å². The number of hydrogen-bond acceptors (Lipinski definition) is 2. The molecule has 0 aliphatic heterocycles. The average Bonchev–Trinajstić information content (AvgIpc) is 2.95. The molecule has 1 aliphatic rings. The van der Waals surface area contributed by atoms with Crippen LogP contribution in [0.25, 0.3) is 0 Å². The van der Waals surface area contributed by atoms with E-state index in [1.807, 2.05) is 0 Å². The predicted molar refractivity (Wildman–Crippen MR) is 95.2 cm³/mol. The Labute approximate surface area is 158 Å². The number of carbonyl (C=O) groups excluding carboxylic acids is 1. The normalized spacial score (nSPS) is 15.0. The van der Waals surface area contributed by atoms with Crippen LogP contribution < -0.4 is 10.6 Å². The molecule has 0 bridgehead atoms. The third-order valence-electron chi connectivity index (χ3n) is 4.06. The fourth-order valence-corrected chi connectivity index (χ4v) is 3.17. The Morgan fingerprint density at radius 1 is 1.15 bits per heavy atom. The molecule has 1 aliphatic carbocycles. The molecule has 0 saturated heterocycles. The first-order valence-electron chi connectivity index (χ1n) is 7.44. The maximum absolute atomic E-state index is 14.1. The molecular weight excluding hydrogens is 389 g/mol. The number of rotatable bonds is 3. The lowest BCUT2D eigenvalue weighted by molar-refractivity contribution is 0.102. The molecule has 0 saturated carbocycles. The van der Waals surface area contributed by atoms with Crippen LogP contribution in [0.1, 0.15) is 33.9 Å². The highest BCUT2D eigenvalue weighted by molar-refractivity contribution is 6.31. The van der Waals surface area contributed by atoms with Crippen LogP contribution in [0, 0.1) is 11.6 Å². The van der Waals surface area contributed by atoms with E-state index in [4.69, 9.17) is 16.7 Å². The Kier molecular flexibility index (Phi) is 6.05. The van der Waals surface area contributed by atoms with Gasteiger partial charge < -0.3 is 15.7 Å². The number of hydrogen-bond donors (Lipinski definition) is 3. The van der Waals surface area contributed by atoms with Gasteiger partial charge in [0, 0.05) is 16.8 Å². The SMILES string of the molecule is Cl.O=C(O)N[C@H]1CCc2c(C(=O)Nc3ccc(F)c(Cl)c3)ccc(F)c21. The van der Waals surface area contributed by atoms with Gasteiger partial charge in [0.05, 0.1) is 11.1 Å². The summed E-state index contributed by atoms with van der Waals surface area (Å²) in [6, 6.07) is 5.54. The van der Waals surface area contributed by atoms with E-state index in [9.17, 15) is 18.4 Å². The highest BCUT2D eigenvalue weighted by atomic mass is 35.5. The zero-order valence-corrected chi connectivity index (χ0v) is 14.8. The van der Waals surface area contributed by atoms with Gasteiger partial charge >= 0.3 is 6.09 Å². The first-order valence-corrected chi connectivity index (χ1v) is 7.81. The molecule has 9 heteroatoms. The molecule has 0 radical (unpaired) electrons. The summed E-state index contributed by atoms with van der Waals surface area (Å²) >= 11 is 5.69. The van der Waals surface area contributed by atoms with E-state index < -0.39 is 29.7 Å². The number of amides is 2. The topological polar surface area (TPSA) is 78.4 Å². The van der Waals surface area contributed by atoms with E-state index in [-0.39, 0.29) is 28.6 Å². The zero-order valence-electron chi connectivity index (χ0n) is 13.2. The second kappa shape index (κ2) is 7.88. The number of carbonyl (C=O) groups is 2. The maximum atomic E-state index is 14.1. The monoisotopic (exact) mass is 402 g/mol. The van der Waals surface area contributed by atoms with Crippen molar-refractivity contribution in [3.8, 4) is 0 Å². The van der Waals surface area contributed by atoms with E-state index in [1.54, 1.807) is 0 Å². The lowest BCUT2D eigenvalue weighted by atomic mass is 10.0. The fourth-order valence-electron chi connectivity index (χ4n) is 2.99. The van der Waals surface area contributed by atoms with E-state index in [0.29, 0.717) is 24.1 Å². The van der Waals surface area contributed by atoms with Gasteiger partial charge in [0.2, 0.25) is 0 Å². The van der Waals surface area contributed by atoms with Crippen LogP contribution in [0.3, 0.4) is 0 Å². The van der Waals surface area contributed by atoms with Crippen molar-refractivity contribution in [1.82, 2.24) is 5.32 Å². The van der Waals surface area contributed by atoms with Gasteiger partial charge in [0.1, 0.15) is 11.6 Å². The lowest BCUT2D eigenvalue weighted by Crippen LogP contribution is -2.25. The Bertz CT molecular complexity index is 877. The van der Waals surface area contributed by atoms with Crippen LogP contribution in [0.5, 0.6) is 0 Å². The average molecular weight is 403 g/mol. The van der Waals surface area contributed by atoms with Crippen molar-refractivity contribution < 1.29 is 23.5 Å². The van der Waals surface area contributed by atoms with Gasteiger partial charge in [-0.2, -0.15) is 0 Å². The number of halogens is 4. The number of nitrogens with one attached hydrogen (secondary N) is 2. The summed E-state index contributed by atoms with van der Waals surface area (Å²) in [5, 5.41) is 13.6. The van der Waals surface area contributed by atoms with Gasteiger partial charge in [-0.05, 0) is 48.7 Å². The maximum Gasteiger partial charge on any atom is 0.405 e. The molecule has 26 heavy (non-hydrogen) atoms. The number of benzene rings is 2. The smallest absolute Gasteiger partial charge is 0.405 e. The van der Waals surface area contributed by atoms with Gasteiger partial charge in [-0.1, -0.05) is 11.6 Å². The Morgan fingerprint density at radius 2 is 1.85 bits per heavy atom. The molecule has 5 nitrogen and oxygen atoms in total. The van der Waals surface area contributed by atoms with Crippen molar-refractivity contribution in [3.05, 3.63) is 63.7 Å². The molecule has 2 aromatic rings. The molecule has 2 amide bonds. The highest BCUT2D eigenvalue weighted by Gasteiger charge is 2.31. The van der Waals surface area contributed by atoms with Crippen molar-refractivity contribution in [2.24, 2.45) is 0 Å². The third-order valence-corrected chi connectivity index (χ3v) is 4.34. The second-order valence-electron chi connectivity index (χ2n) is 5.61. The molecule has 138 valence electrons. The summed E-state index contributed by atoms with van der Waals surface area (Å²) in [7, 11) is 0. The minimum Gasteiger partial charge on any atom is -0.465 e. The standard InChI is InChI=1S/C17H13ClF2N2O3.ClH/c18-11-7-8(1-4-12(11)19)21-16(23)10-2-5-13(20)15-9(10)3-6-14(15)22-17(24)25;/h1-2,4-5,7,14,22H,3,6H2,(H,21,23)(H,24,25);1H/t14-;/m0./s1. The molecule has 0 aromatic heterocycles. The largest absolute Gasteiger partial charge is 0.465 e. The predicted octanol–water partition coefficient (Wildman–Crippen LogP) is 4.55. The van der Waals surface area contributed by atoms with E-state index in [1.165, 1.54) is 18.2 Å². The van der Waals surface area contributed by atoms with Crippen molar-refractivity contribution in [2.75, 3.05) is 5.32 Å². The third kappa shape index (κ3) is 3.89. The minimum absolute atomic E-state index is 0. The van der Waals surface area contributed by atoms with E-state index in [2.05, 4.69) is 10.6 Å². The number of carboxylic acid groups (broad SMARTS) is 1. The van der Waals surface area contributed by atoms with Crippen LogP contribution >= 0.6 is 24.0 Å². The molecule has 1 atom stereocenters. The molecule has 0 heterocycles. The van der Waals surface area contributed by atoms with E-state index in [0.717, 1.165) is 12.1 Å². The molecule has 0 fully saturated rings. The quantitative estimate of drug-likeness (QED) is 0.704. The summed E-state index contributed by atoms with van der Waals surface area (Å²) in [6.45, 7) is 0. The Morgan fingerprint density at radius 3 is 2.50 bits per heavy atom. The zero-order chi connectivity index (χ0) is 18.1. The van der Waals surface area contributed by atoms with Crippen LogP contribution in [0.2, 0.25) is 5.02 Å². The van der Waals surface area contributed by atoms with Crippen molar-refractivity contribution in [3.63, 3.8) is 0 Å². The van der Waals surface area contributed by atoms with Gasteiger partial charge in [0.15, 0.2) is 0 Å². The van der Waals surface area contributed by atoms with Crippen LogP contribution in [-0.2, 0) is 6.42 Å². The first-order chi connectivity index (χ1) is 11.9.